The fourth-order valence-corrected chi connectivity index (χ4v) is 5.10. The maximum absolute atomic E-state index is 4.86. The van der Waals surface area contributed by atoms with E-state index in [0.29, 0.717) is 6.54 Å². The molecule has 0 atom stereocenters. The molecule has 0 saturated carbocycles. The Labute approximate surface area is 237 Å². The first-order valence-electron chi connectivity index (χ1n) is 14.5. The fourth-order valence-electron chi connectivity index (χ4n) is 5.10. The van der Waals surface area contributed by atoms with Crippen LogP contribution in [0.2, 0.25) is 0 Å². The van der Waals surface area contributed by atoms with E-state index in [-0.39, 0.29) is 0 Å². The number of nitrogens with one attached hydrogen (secondary N) is 1. The molecule has 2 aromatic carbocycles. The Hall–Kier alpha value is -4.09. The van der Waals surface area contributed by atoms with Gasteiger partial charge in [0.05, 0.1) is 12.2 Å². The third kappa shape index (κ3) is 7.10. The molecule has 0 aliphatic heterocycles. The number of hydrogen-bond acceptors (Lipinski definition) is 4. The predicted molar refractivity (Wildman–Crippen MR) is 166 cm³/mol. The van der Waals surface area contributed by atoms with E-state index in [2.05, 4.69) is 90.3 Å². The monoisotopic (exact) mass is 529 g/mol. The molecule has 0 amide bonds. The molecule has 2 heterocycles. The summed E-state index contributed by atoms with van der Waals surface area (Å²) in [6.45, 7) is 7.09. The van der Waals surface area contributed by atoms with Gasteiger partial charge >= 0.3 is 0 Å². The molecule has 1 aliphatic carbocycles. The summed E-state index contributed by atoms with van der Waals surface area (Å²) in [7, 11) is 0. The minimum atomic E-state index is 0.634. The molecule has 0 bridgehead atoms. The van der Waals surface area contributed by atoms with Crippen LogP contribution in [0.25, 0.3) is 34.8 Å². The maximum atomic E-state index is 4.86. The van der Waals surface area contributed by atoms with Crippen molar-refractivity contribution in [3.63, 3.8) is 0 Å². The number of fused-ring (bicyclic) bond motifs is 1. The Morgan fingerprint density at radius 1 is 0.825 bits per heavy atom. The van der Waals surface area contributed by atoms with Gasteiger partial charge in [-0.1, -0.05) is 97.5 Å². The first-order chi connectivity index (χ1) is 19.7. The Balaban J connectivity index is 1.46. The number of nitrogens with zero attached hydrogens (tertiary/aromatic N) is 4. The topological polar surface area (TPSA) is 55.6 Å². The third-order valence-electron chi connectivity index (χ3n) is 7.19. The summed E-state index contributed by atoms with van der Waals surface area (Å²) in [6.07, 6.45) is 17.0. The highest BCUT2D eigenvalue weighted by molar-refractivity contribution is 5.76. The molecule has 1 aliphatic rings. The molecule has 40 heavy (non-hydrogen) atoms. The minimum absolute atomic E-state index is 0.634. The molecule has 4 aromatic rings. The highest BCUT2D eigenvalue weighted by Crippen LogP contribution is 2.29. The number of rotatable bonds is 12. The van der Waals surface area contributed by atoms with E-state index in [4.69, 9.17) is 10.1 Å². The van der Waals surface area contributed by atoms with Gasteiger partial charge in [-0.25, -0.2) is 4.68 Å². The van der Waals surface area contributed by atoms with Gasteiger partial charge in [-0.05, 0) is 85.5 Å². The summed E-state index contributed by atoms with van der Waals surface area (Å²) in [5.74, 6) is 0. The fraction of sp³-hybridized carbons (Fsp3) is 0.286. The third-order valence-corrected chi connectivity index (χ3v) is 7.19. The molecule has 0 spiro atoms. The standard InChI is InChI=1S/C35H39N5/c1-3-22-36-23-11-5-8-14-28-15-9-10-18-30-20-21-31(25-32(30)24-28)34-35(33-19-12-13-27(2)37-33)40(39-38-34)26-29-16-6-4-7-17-29/h4,6-7,9-10,12-13,15-21,24-25,36H,3,5,8,11,14,22-23,26H2,1-2H3/b10-9+,15-9?,18-10?,28-15?,28-24?,30-18+,32-24?. The van der Waals surface area contributed by atoms with E-state index in [1.165, 1.54) is 47.3 Å². The molecule has 1 N–H and O–H groups in total. The van der Waals surface area contributed by atoms with Gasteiger partial charge in [0.15, 0.2) is 0 Å². The molecule has 5 rings (SSSR count). The zero-order valence-electron chi connectivity index (χ0n) is 23.7. The predicted octanol–water partition coefficient (Wildman–Crippen LogP) is 5.98. The van der Waals surface area contributed by atoms with Crippen LogP contribution in [0.5, 0.6) is 0 Å². The lowest BCUT2D eigenvalue weighted by atomic mass is 10.0. The number of allylic oxidation sites excluding steroid dienone is 4. The highest BCUT2D eigenvalue weighted by Gasteiger charge is 2.18. The van der Waals surface area contributed by atoms with Crippen LogP contribution < -0.4 is 15.8 Å². The van der Waals surface area contributed by atoms with Gasteiger partial charge in [0, 0.05) is 11.3 Å². The minimum Gasteiger partial charge on any atom is -0.317 e. The van der Waals surface area contributed by atoms with E-state index in [0.717, 1.165) is 47.8 Å². The van der Waals surface area contributed by atoms with Gasteiger partial charge in [-0.15, -0.1) is 5.10 Å². The molecule has 0 saturated heterocycles. The van der Waals surface area contributed by atoms with Crippen molar-refractivity contribution in [1.82, 2.24) is 25.3 Å². The Morgan fingerprint density at radius 3 is 2.55 bits per heavy atom. The second kappa shape index (κ2) is 13.8. The molecule has 0 unspecified atom stereocenters. The van der Waals surface area contributed by atoms with Crippen LogP contribution in [0.3, 0.4) is 0 Å². The summed E-state index contributed by atoms with van der Waals surface area (Å²) in [4.78, 5) is 4.86. The Bertz CT molecular complexity index is 1590. The van der Waals surface area contributed by atoms with Gasteiger partial charge in [-0.2, -0.15) is 0 Å². The number of unbranched alkanes of at least 4 members (excludes halogenated alkanes) is 2. The van der Waals surface area contributed by atoms with Crippen molar-refractivity contribution in [3.05, 3.63) is 112 Å². The molecular formula is C35H39N5. The molecule has 2 aromatic heterocycles. The number of aryl methyl sites for hydroxylation is 1. The van der Waals surface area contributed by atoms with Crippen molar-refractivity contribution in [3.8, 4) is 22.6 Å². The molecule has 5 nitrogen and oxygen atoms in total. The second-order valence-electron chi connectivity index (χ2n) is 10.4. The molecule has 5 heteroatoms. The van der Waals surface area contributed by atoms with Crippen LogP contribution in [0, 0.1) is 6.92 Å². The lowest BCUT2D eigenvalue weighted by Gasteiger charge is -2.09. The van der Waals surface area contributed by atoms with E-state index in [1.54, 1.807) is 0 Å². The molecule has 0 fully saturated rings. The second-order valence-corrected chi connectivity index (χ2v) is 10.4. The lowest BCUT2D eigenvalue weighted by molar-refractivity contribution is 0.600. The number of aromatic nitrogens is 4. The van der Waals surface area contributed by atoms with Crippen LogP contribution in [0.1, 0.15) is 50.3 Å². The average Bonchev–Trinajstić information content (AvgIpc) is 3.37. The summed E-state index contributed by atoms with van der Waals surface area (Å²) in [5.41, 5.74) is 7.23. The van der Waals surface area contributed by atoms with Crippen molar-refractivity contribution < 1.29 is 0 Å². The van der Waals surface area contributed by atoms with Crippen molar-refractivity contribution in [1.29, 1.82) is 0 Å². The van der Waals surface area contributed by atoms with Gasteiger partial charge < -0.3 is 5.32 Å². The van der Waals surface area contributed by atoms with Gasteiger partial charge in [-0.3, -0.25) is 4.98 Å². The zero-order chi connectivity index (χ0) is 27.6. The summed E-state index contributed by atoms with van der Waals surface area (Å²) >= 11 is 0. The molecular weight excluding hydrogens is 490 g/mol. The van der Waals surface area contributed by atoms with Crippen molar-refractivity contribution >= 4 is 12.2 Å². The lowest BCUT2D eigenvalue weighted by Crippen LogP contribution is -2.24. The van der Waals surface area contributed by atoms with Crippen molar-refractivity contribution in [2.75, 3.05) is 13.1 Å². The van der Waals surface area contributed by atoms with E-state index in [1.807, 2.05) is 35.9 Å². The van der Waals surface area contributed by atoms with Crippen LogP contribution >= 0.6 is 0 Å². The van der Waals surface area contributed by atoms with Crippen LogP contribution in [-0.4, -0.2) is 33.1 Å². The normalized spacial score (nSPS) is 14.2. The Morgan fingerprint density at radius 2 is 1.70 bits per heavy atom. The first kappa shape index (κ1) is 27.5. The maximum Gasteiger partial charge on any atom is 0.122 e. The summed E-state index contributed by atoms with van der Waals surface area (Å²) < 4.78 is 1.97. The number of benzene rings is 2. The average molecular weight is 530 g/mol. The highest BCUT2D eigenvalue weighted by atomic mass is 15.4. The van der Waals surface area contributed by atoms with E-state index >= 15 is 0 Å². The van der Waals surface area contributed by atoms with Crippen molar-refractivity contribution in [2.45, 2.75) is 52.5 Å². The van der Waals surface area contributed by atoms with E-state index < -0.39 is 0 Å². The van der Waals surface area contributed by atoms with Crippen LogP contribution in [-0.2, 0) is 6.54 Å². The Kier molecular flexibility index (Phi) is 9.49. The largest absolute Gasteiger partial charge is 0.317 e. The smallest absolute Gasteiger partial charge is 0.122 e. The number of pyridine rings is 1. The number of hydrogen-bond donors (Lipinski definition) is 1. The summed E-state index contributed by atoms with van der Waals surface area (Å²) in [6, 6.07) is 23.1. The summed E-state index contributed by atoms with van der Waals surface area (Å²) in [5, 5.41) is 15.2. The quantitative estimate of drug-likeness (QED) is 0.229. The molecule has 0 radical (unpaired) electrons. The van der Waals surface area contributed by atoms with Crippen LogP contribution in [0.15, 0.2) is 90.5 Å². The zero-order valence-corrected chi connectivity index (χ0v) is 23.7. The first-order valence-corrected chi connectivity index (χ1v) is 14.5. The SMILES string of the molecule is CCCNCCCCCC1=C/C=C/C=c2\ccc(-c3nnn(Cc4ccccc4)c3-c3cccc(C)n3)cc2=C1. The van der Waals surface area contributed by atoms with E-state index in [9.17, 15) is 0 Å². The van der Waals surface area contributed by atoms with Crippen LogP contribution in [0.4, 0.5) is 0 Å². The van der Waals surface area contributed by atoms with Gasteiger partial charge in [0.25, 0.3) is 0 Å². The van der Waals surface area contributed by atoms with Gasteiger partial charge in [0.1, 0.15) is 11.4 Å². The van der Waals surface area contributed by atoms with Crippen molar-refractivity contribution in [2.24, 2.45) is 0 Å². The molecule has 204 valence electrons. The van der Waals surface area contributed by atoms with Gasteiger partial charge in [0.2, 0.25) is 0 Å².